The van der Waals surface area contributed by atoms with E-state index in [1.54, 1.807) is 24.3 Å². The van der Waals surface area contributed by atoms with Crippen LogP contribution in [-0.4, -0.2) is 21.9 Å². The number of anilines is 1. The van der Waals surface area contributed by atoms with Crippen molar-refractivity contribution in [2.45, 2.75) is 19.1 Å². The molecule has 28 heavy (non-hydrogen) atoms. The zero-order valence-corrected chi connectivity index (χ0v) is 15.4. The lowest BCUT2D eigenvalue weighted by Crippen LogP contribution is -2.44. The van der Waals surface area contributed by atoms with Crippen molar-refractivity contribution in [1.82, 2.24) is 4.90 Å². The van der Waals surface area contributed by atoms with Gasteiger partial charge in [0.15, 0.2) is 0 Å². The molecule has 5 nitrogen and oxygen atoms in total. The molecule has 0 fully saturated rings. The molecule has 0 aliphatic carbocycles. The number of benzene rings is 3. The molecule has 0 spiro atoms. The first-order valence-electron chi connectivity index (χ1n) is 9.12. The van der Waals surface area contributed by atoms with Gasteiger partial charge in [-0.2, -0.15) is 0 Å². The number of nitrogens with zero attached hydrogens (tertiary/aromatic N) is 1. The van der Waals surface area contributed by atoms with Gasteiger partial charge in [-0.1, -0.05) is 54.6 Å². The van der Waals surface area contributed by atoms with Crippen molar-refractivity contribution in [3.8, 4) is 0 Å². The number of fused-ring (bicyclic) bond motifs is 1. The molecular weight excluding hydrogens is 352 g/mol. The number of para-hydroxylation sites is 1. The van der Waals surface area contributed by atoms with Crippen molar-refractivity contribution in [2.24, 2.45) is 0 Å². The first-order chi connectivity index (χ1) is 13.6. The molecule has 0 saturated carbocycles. The Morgan fingerprint density at radius 3 is 2.29 bits per heavy atom. The van der Waals surface area contributed by atoms with Crippen molar-refractivity contribution in [3.63, 3.8) is 0 Å². The van der Waals surface area contributed by atoms with Gasteiger partial charge in [0.2, 0.25) is 0 Å². The summed E-state index contributed by atoms with van der Waals surface area (Å²) in [6, 6.07) is 23.8. The van der Waals surface area contributed by atoms with E-state index >= 15 is 0 Å². The number of carboxylic acid groups (broad SMARTS) is 1. The van der Waals surface area contributed by atoms with Gasteiger partial charge in [0, 0.05) is 5.69 Å². The van der Waals surface area contributed by atoms with Gasteiger partial charge in [0.25, 0.3) is 5.91 Å². The van der Waals surface area contributed by atoms with E-state index in [0.717, 1.165) is 16.8 Å². The van der Waals surface area contributed by atoms with Crippen LogP contribution in [0.3, 0.4) is 0 Å². The Morgan fingerprint density at radius 1 is 0.964 bits per heavy atom. The van der Waals surface area contributed by atoms with E-state index in [9.17, 15) is 9.59 Å². The van der Waals surface area contributed by atoms with Crippen molar-refractivity contribution in [3.05, 3.63) is 101 Å². The molecule has 1 heterocycles. The van der Waals surface area contributed by atoms with E-state index in [1.807, 2.05) is 66.4 Å². The minimum atomic E-state index is -0.973. The predicted octanol–water partition coefficient (Wildman–Crippen LogP) is 4.71. The van der Waals surface area contributed by atoms with E-state index in [2.05, 4.69) is 5.32 Å². The fourth-order valence-corrected chi connectivity index (χ4v) is 3.61. The molecule has 5 heteroatoms. The number of nitrogens with one attached hydrogen (secondary N) is 1. The van der Waals surface area contributed by atoms with Crippen molar-refractivity contribution >= 4 is 17.6 Å². The molecule has 1 amide bonds. The maximum atomic E-state index is 13.4. The molecule has 0 bridgehead atoms. The highest BCUT2D eigenvalue weighted by molar-refractivity contribution is 6.02. The number of hydrogen-bond donors (Lipinski definition) is 2. The quantitative estimate of drug-likeness (QED) is 0.696. The molecule has 1 aliphatic rings. The van der Waals surface area contributed by atoms with E-state index < -0.39 is 12.1 Å². The molecule has 0 aromatic heterocycles. The summed E-state index contributed by atoms with van der Waals surface area (Å²) in [6.07, 6.45) is -0.402. The van der Waals surface area contributed by atoms with Crippen LogP contribution in [0.5, 0.6) is 0 Å². The highest BCUT2D eigenvalue weighted by atomic mass is 16.4. The van der Waals surface area contributed by atoms with Crippen molar-refractivity contribution < 1.29 is 14.7 Å². The molecule has 3 aromatic rings. The standard InChI is InChI=1S/C23H20N2O3/c1-15(16-7-3-2-4-8-16)25-21(17-11-13-18(14-12-17)23(27)28)24-20-10-6-5-9-19(20)22(25)26/h2-15,21,24H,1H3,(H,27,28)/t15-,21+/m1/s1. The normalized spacial score (nSPS) is 16.8. The van der Waals surface area contributed by atoms with Crippen LogP contribution in [0.25, 0.3) is 0 Å². The second-order valence-electron chi connectivity index (χ2n) is 6.82. The van der Waals surface area contributed by atoms with E-state index in [4.69, 9.17) is 5.11 Å². The summed E-state index contributed by atoms with van der Waals surface area (Å²) in [4.78, 5) is 26.4. The Bertz CT molecular complexity index is 1020. The molecule has 0 saturated heterocycles. The second kappa shape index (κ2) is 7.19. The van der Waals surface area contributed by atoms with E-state index in [1.165, 1.54) is 0 Å². The van der Waals surface area contributed by atoms with Gasteiger partial charge in [0.1, 0.15) is 6.17 Å². The highest BCUT2D eigenvalue weighted by Crippen LogP contribution is 2.38. The number of carbonyl (C=O) groups is 2. The van der Waals surface area contributed by atoms with E-state index in [0.29, 0.717) is 5.56 Å². The fourth-order valence-electron chi connectivity index (χ4n) is 3.61. The van der Waals surface area contributed by atoms with Gasteiger partial charge in [0.05, 0.1) is 17.2 Å². The molecule has 1 aliphatic heterocycles. The molecule has 2 atom stereocenters. The zero-order chi connectivity index (χ0) is 19.7. The van der Waals surface area contributed by atoms with Crippen LogP contribution in [0.15, 0.2) is 78.9 Å². The average molecular weight is 372 g/mol. The van der Waals surface area contributed by atoms with Crippen LogP contribution in [-0.2, 0) is 0 Å². The Labute approximate surface area is 163 Å². The number of carboxylic acids is 1. The molecule has 0 unspecified atom stereocenters. The second-order valence-corrected chi connectivity index (χ2v) is 6.82. The predicted molar refractivity (Wildman–Crippen MR) is 107 cm³/mol. The minimum absolute atomic E-state index is 0.0574. The SMILES string of the molecule is C[C@H](c1ccccc1)N1C(=O)c2ccccc2N[C@@H]1c1ccc(C(=O)O)cc1. The summed E-state index contributed by atoms with van der Waals surface area (Å²) in [6.45, 7) is 2.00. The Kier molecular flexibility index (Phi) is 4.57. The van der Waals surface area contributed by atoms with Gasteiger partial charge < -0.3 is 15.3 Å². The van der Waals surface area contributed by atoms with E-state index in [-0.39, 0.29) is 17.5 Å². The number of carbonyl (C=O) groups excluding carboxylic acids is 1. The Hall–Kier alpha value is -3.60. The lowest BCUT2D eigenvalue weighted by atomic mass is 9.98. The summed E-state index contributed by atoms with van der Waals surface area (Å²) in [5, 5.41) is 12.6. The molecular formula is C23H20N2O3. The molecule has 140 valence electrons. The molecule has 3 aromatic carbocycles. The average Bonchev–Trinajstić information content (AvgIpc) is 2.74. The lowest BCUT2D eigenvalue weighted by molar-refractivity contribution is 0.0595. The molecule has 0 radical (unpaired) electrons. The third kappa shape index (κ3) is 3.11. The lowest BCUT2D eigenvalue weighted by Gasteiger charge is -2.42. The summed E-state index contributed by atoms with van der Waals surface area (Å²) >= 11 is 0. The van der Waals surface area contributed by atoms with Crippen molar-refractivity contribution in [2.75, 3.05) is 5.32 Å². The number of rotatable bonds is 4. The van der Waals surface area contributed by atoms with Gasteiger partial charge in [-0.3, -0.25) is 4.79 Å². The fraction of sp³-hybridized carbons (Fsp3) is 0.130. The highest BCUT2D eigenvalue weighted by Gasteiger charge is 2.36. The minimum Gasteiger partial charge on any atom is -0.478 e. The Morgan fingerprint density at radius 2 is 1.61 bits per heavy atom. The van der Waals surface area contributed by atoms with Crippen LogP contribution in [0.4, 0.5) is 5.69 Å². The third-order valence-electron chi connectivity index (χ3n) is 5.13. The van der Waals surface area contributed by atoms with Gasteiger partial charge in [-0.05, 0) is 42.3 Å². The summed E-state index contributed by atoms with van der Waals surface area (Å²) < 4.78 is 0. The smallest absolute Gasteiger partial charge is 0.335 e. The van der Waals surface area contributed by atoms with Crippen LogP contribution in [0.2, 0.25) is 0 Å². The molecule has 4 rings (SSSR count). The summed E-state index contributed by atoms with van der Waals surface area (Å²) in [7, 11) is 0. The van der Waals surface area contributed by atoms with Crippen LogP contribution in [0, 0.1) is 0 Å². The van der Waals surface area contributed by atoms with Gasteiger partial charge in [-0.25, -0.2) is 4.79 Å². The first-order valence-corrected chi connectivity index (χ1v) is 9.12. The monoisotopic (exact) mass is 372 g/mol. The van der Waals surface area contributed by atoms with Gasteiger partial charge >= 0.3 is 5.97 Å². The maximum Gasteiger partial charge on any atom is 0.335 e. The van der Waals surface area contributed by atoms with Gasteiger partial charge in [-0.15, -0.1) is 0 Å². The largest absolute Gasteiger partial charge is 0.478 e. The molecule has 2 N–H and O–H groups in total. The Balaban J connectivity index is 1.79. The topological polar surface area (TPSA) is 69.6 Å². The number of hydrogen-bond acceptors (Lipinski definition) is 3. The zero-order valence-electron chi connectivity index (χ0n) is 15.4. The number of aromatic carboxylic acids is 1. The third-order valence-corrected chi connectivity index (χ3v) is 5.13. The van der Waals surface area contributed by atoms with Crippen LogP contribution in [0.1, 0.15) is 51.0 Å². The van der Waals surface area contributed by atoms with Crippen molar-refractivity contribution in [1.29, 1.82) is 0 Å². The van der Waals surface area contributed by atoms with Crippen LogP contribution < -0.4 is 5.32 Å². The first kappa shape index (κ1) is 17.8. The maximum absolute atomic E-state index is 13.4. The summed E-state index contributed by atoms with van der Waals surface area (Å²) in [5.41, 5.74) is 3.48. The van der Waals surface area contributed by atoms with Crippen LogP contribution >= 0.6 is 0 Å². The summed E-state index contributed by atoms with van der Waals surface area (Å²) in [5.74, 6) is -1.03. The number of amides is 1.